The SMILES string of the molecule is NC(=O)CC(NC(=O)C(N)Cc1ccccc1)C(=O)NC(CCC(=O)O)C(=O)NC(CS)C(=O)O. The van der Waals surface area contributed by atoms with E-state index in [4.69, 9.17) is 21.7 Å². The van der Waals surface area contributed by atoms with E-state index < -0.39 is 79.0 Å². The minimum Gasteiger partial charge on any atom is -0.481 e. The van der Waals surface area contributed by atoms with Gasteiger partial charge in [-0.25, -0.2) is 4.79 Å². The molecule has 35 heavy (non-hydrogen) atoms. The van der Waals surface area contributed by atoms with Crippen LogP contribution in [0.2, 0.25) is 0 Å². The maximum absolute atomic E-state index is 12.8. The summed E-state index contributed by atoms with van der Waals surface area (Å²) < 4.78 is 0. The van der Waals surface area contributed by atoms with E-state index in [1.165, 1.54) is 0 Å². The van der Waals surface area contributed by atoms with Gasteiger partial charge in [0.15, 0.2) is 0 Å². The Morgan fingerprint density at radius 3 is 1.91 bits per heavy atom. The van der Waals surface area contributed by atoms with Gasteiger partial charge in [0.25, 0.3) is 0 Å². The fourth-order valence-corrected chi connectivity index (χ4v) is 3.16. The molecule has 0 saturated carbocycles. The summed E-state index contributed by atoms with van der Waals surface area (Å²) >= 11 is 3.83. The molecule has 13 nitrogen and oxygen atoms in total. The molecular formula is C21H29N5O8S. The molecule has 1 aromatic rings. The zero-order valence-corrected chi connectivity index (χ0v) is 19.6. The molecule has 0 aliphatic carbocycles. The highest BCUT2D eigenvalue weighted by Crippen LogP contribution is 2.05. The Kier molecular flexibility index (Phi) is 12.2. The number of hydrogen-bond donors (Lipinski definition) is 8. The third-order valence-electron chi connectivity index (χ3n) is 4.75. The number of aliphatic carboxylic acids is 2. The minimum atomic E-state index is -1.51. The van der Waals surface area contributed by atoms with E-state index in [1.807, 2.05) is 0 Å². The van der Waals surface area contributed by atoms with Crippen LogP contribution < -0.4 is 27.4 Å². The molecule has 1 rings (SSSR count). The van der Waals surface area contributed by atoms with Crippen LogP contribution in [0.4, 0.5) is 0 Å². The highest BCUT2D eigenvalue weighted by atomic mass is 32.1. The predicted octanol–water partition coefficient (Wildman–Crippen LogP) is -2.23. The maximum Gasteiger partial charge on any atom is 0.327 e. The lowest BCUT2D eigenvalue weighted by Gasteiger charge is -2.24. The first-order valence-corrected chi connectivity index (χ1v) is 11.1. The van der Waals surface area contributed by atoms with Crippen molar-refractivity contribution in [1.82, 2.24) is 16.0 Å². The van der Waals surface area contributed by atoms with Crippen molar-refractivity contribution in [2.24, 2.45) is 11.5 Å². The second kappa shape index (κ2) is 14.6. The third kappa shape index (κ3) is 10.9. The van der Waals surface area contributed by atoms with Gasteiger partial charge < -0.3 is 37.6 Å². The molecule has 4 atom stereocenters. The summed E-state index contributed by atoms with van der Waals surface area (Å²) in [6, 6.07) is 3.35. The van der Waals surface area contributed by atoms with Crippen LogP contribution in [-0.4, -0.2) is 75.7 Å². The van der Waals surface area contributed by atoms with Gasteiger partial charge in [-0.15, -0.1) is 0 Å². The molecule has 4 unspecified atom stereocenters. The number of nitrogens with one attached hydrogen (secondary N) is 3. The second-order valence-electron chi connectivity index (χ2n) is 7.60. The first kappa shape index (κ1) is 29.4. The summed E-state index contributed by atoms with van der Waals surface area (Å²) in [5, 5.41) is 24.7. The van der Waals surface area contributed by atoms with Gasteiger partial charge in [-0.2, -0.15) is 12.6 Å². The van der Waals surface area contributed by atoms with E-state index in [0.29, 0.717) is 0 Å². The number of hydrogen-bond acceptors (Lipinski definition) is 8. The summed E-state index contributed by atoms with van der Waals surface area (Å²) in [5.41, 5.74) is 11.8. The Labute approximate surface area is 206 Å². The van der Waals surface area contributed by atoms with Gasteiger partial charge in [0.2, 0.25) is 23.6 Å². The van der Waals surface area contributed by atoms with Gasteiger partial charge in [0, 0.05) is 12.2 Å². The number of carbonyl (C=O) groups is 6. The van der Waals surface area contributed by atoms with Crippen LogP contribution in [0.3, 0.4) is 0 Å². The highest BCUT2D eigenvalue weighted by molar-refractivity contribution is 7.80. The summed E-state index contributed by atoms with van der Waals surface area (Å²) in [7, 11) is 0. The van der Waals surface area contributed by atoms with Gasteiger partial charge >= 0.3 is 11.9 Å². The van der Waals surface area contributed by atoms with Crippen LogP contribution in [-0.2, 0) is 35.2 Å². The van der Waals surface area contributed by atoms with Crippen LogP contribution in [0.1, 0.15) is 24.8 Å². The predicted molar refractivity (Wildman–Crippen MR) is 126 cm³/mol. The zero-order chi connectivity index (χ0) is 26.5. The number of primary amides is 1. The molecule has 0 aromatic heterocycles. The number of carboxylic acids is 2. The van der Waals surface area contributed by atoms with Crippen molar-refractivity contribution in [2.45, 2.75) is 49.9 Å². The topological polar surface area (TPSA) is 231 Å². The van der Waals surface area contributed by atoms with E-state index in [2.05, 4.69) is 28.6 Å². The van der Waals surface area contributed by atoms with Crippen molar-refractivity contribution in [3.05, 3.63) is 35.9 Å². The van der Waals surface area contributed by atoms with Gasteiger partial charge in [-0.05, 0) is 18.4 Å². The Balaban J connectivity index is 2.96. The van der Waals surface area contributed by atoms with Crippen molar-refractivity contribution in [3.63, 3.8) is 0 Å². The number of rotatable bonds is 15. The van der Waals surface area contributed by atoms with Crippen LogP contribution in [0, 0.1) is 0 Å². The van der Waals surface area contributed by atoms with Crippen LogP contribution >= 0.6 is 12.6 Å². The Morgan fingerprint density at radius 2 is 1.40 bits per heavy atom. The summed E-state index contributed by atoms with van der Waals surface area (Å²) in [4.78, 5) is 71.5. The maximum atomic E-state index is 12.8. The molecule has 0 saturated heterocycles. The molecule has 1 aromatic carbocycles. The van der Waals surface area contributed by atoms with Gasteiger partial charge in [0.1, 0.15) is 18.1 Å². The molecule has 0 aliphatic heterocycles. The quantitative estimate of drug-likeness (QED) is 0.119. The van der Waals surface area contributed by atoms with Crippen molar-refractivity contribution < 1.29 is 39.0 Å². The molecule has 9 N–H and O–H groups in total. The van der Waals surface area contributed by atoms with E-state index in [9.17, 15) is 28.8 Å². The number of carboxylic acid groups (broad SMARTS) is 2. The van der Waals surface area contributed by atoms with E-state index in [-0.39, 0.29) is 12.2 Å². The number of benzene rings is 1. The largest absolute Gasteiger partial charge is 0.481 e. The zero-order valence-electron chi connectivity index (χ0n) is 18.7. The molecule has 0 radical (unpaired) electrons. The molecular weight excluding hydrogens is 482 g/mol. The van der Waals surface area contributed by atoms with Crippen molar-refractivity contribution in [3.8, 4) is 0 Å². The molecule has 0 fully saturated rings. The summed E-state index contributed by atoms with van der Waals surface area (Å²) in [5.74, 6) is -6.60. The van der Waals surface area contributed by atoms with E-state index >= 15 is 0 Å². The fraction of sp³-hybridized carbons (Fsp3) is 0.429. The number of carbonyl (C=O) groups excluding carboxylic acids is 4. The second-order valence-corrected chi connectivity index (χ2v) is 7.97. The lowest BCUT2D eigenvalue weighted by Crippen LogP contribution is -2.58. The normalized spacial score (nSPS) is 14.0. The van der Waals surface area contributed by atoms with E-state index in [1.54, 1.807) is 30.3 Å². The van der Waals surface area contributed by atoms with Crippen molar-refractivity contribution in [2.75, 3.05) is 5.75 Å². The molecule has 4 amide bonds. The minimum absolute atomic E-state index is 0.140. The lowest BCUT2D eigenvalue weighted by molar-refractivity contribution is -0.142. The third-order valence-corrected chi connectivity index (χ3v) is 5.12. The standard InChI is InChI=1S/C21H29N5O8S/c22-12(8-11-4-2-1-3-5-11)18(30)25-14(9-16(23)27)20(32)24-13(6-7-17(28)29)19(31)26-15(10-35)21(33)34/h1-5,12-15,35H,6-10,22H2,(H2,23,27)(H,24,32)(H,25,30)(H,26,31)(H,28,29)(H,33,34). The Hall–Kier alpha value is -3.65. The van der Waals surface area contributed by atoms with Gasteiger partial charge in [-0.1, -0.05) is 30.3 Å². The Bertz CT molecular complexity index is 930. The summed E-state index contributed by atoms with van der Waals surface area (Å²) in [6.45, 7) is 0. The fourth-order valence-electron chi connectivity index (χ4n) is 2.92. The average molecular weight is 512 g/mol. The van der Waals surface area contributed by atoms with Gasteiger partial charge in [-0.3, -0.25) is 24.0 Å². The van der Waals surface area contributed by atoms with Crippen molar-refractivity contribution in [1.29, 1.82) is 0 Å². The summed E-state index contributed by atoms with van der Waals surface area (Å²) in [6.07, 6.45) is -1.42. The van der Waals surface area contributed by atoms with Crippen LogP contribution in [0.15, 0.2) is 30.3 Å². The smallest absolute Gasteiger partial charge is 0.327 e. The molecule has 0 spiro atoms. The molecule has 0 bridgehead atoms. The first-order valence-electron chi connectivity index (χ1n) is 10.5. The molecule has 0 heterocycles. The van der Waals surface area contributed by atoms with Gasteiger partial charge in [0.05, 0.1) is 12.5 Å². The first-order chi connectivity index (χ1) is 16.4. The number of thiol groups is 1. The number of nitrogens with two attached hydrogens (primary N) is 2. The average Bonchev–Trinajstić information content (AvgIpc) is 2.79. The molecule has 14 heteroatoms. The Morgan fingerprint density at radius 1 is 0.857 bits per heavy atom. The highest BCUT2D eigenvalue weighted by Gasteiger charge is 2.31. The van der Waals surface area contributed by atoms with E-state index in [0.717, 1.165) is 5.56 Å². The van der Waals surface area contributed by atoms with Crippen LogP contribution in [0.25, 0.3) is 0 Å². The van der Waals surface area contributed by atoms with Crippen molar-refractivity contribution >= 4 is 48.2 Å². The number of amides is 4. The molecule has 192 valence electrons. The monoisotopic (exact) mass is 511 g/mol. The molecule has 0 aliphatic rings. The van der Waals surface area contributed by atoms with Crippen LogP contribution in [0.5, 0.6) is 0 Å². The lowest BCUT2D eigenvalue weighted by atomic mass is 10.0.